The van der Waals surface area contributed by atoms with E-state index in [0.717, 1.165) is 16.7 Å². The quantitative estimate of drug-likeness (QED) is 0.197. The van der Waals surface area contributed by atoms with Gasteiger partial charge in [0.15, 0.2) is 11.5 Å². The Labute approximate surface area is 235 Å². The molecule has 0 saturated carbocycles. The van der Waals surface area contributed by atoms with Crippen molar-refractivity contribution in [2.24, 2.45) is 5.10 Å². The van der Waals surface area contributed by atoms with Crippen LogP contribution in [0.15, 0.2) is 112 Å². The number of para-hydroxylation sites is 1. The molecule has 0 bridgehead atoms. The van der Waals surface area contributed by atoms with Crippen LogP contribution in [0.4, 0.5) is 5.69 Å². The predicted molar refractivity (Wildman–Crippen MR) is 156 cm³/mol. The Bertz CT molecular complexity index is 1520. The topological polar surface area (TPSA) is 51.1 Å². The highest BCUT2D eigenvalue weighted by molar-refractivity contribution is 9.10. The van der Waals surface area contributed by atoms with Crippen LogP contribution in [0.25, 0.3) is 6.08 Å². The number of nitrogens with zero attached hydrogens (tertiary/aromatic N) is 2. The number of carbonyl (C=O) groups excluding carboxylic acids is 1. The van der Waals surface area contributed by atoms with Crippen molar-refractivity contribution in [3.63, 3.8) is 0 Å². The maximum absolute atomic E-state index is 13.6. The molecule has 0 spiro atoms. The zero-order valence-electron chi connectivity index (χ0n) is 20.6. The van der Waals surface area contributed by atoms with Gasteiger partial charge >= 0.3 is 0 Å². The monoisotopic (exact) mass is 586 g/mol. The van der Waals surface area contributed by atoms with Crippen LogP contribution >= 0.6 is 27.5 Å². The molecule has 38 heavy (non-hydrogen) atoms. The number of hydrogen-bond acceptors (Lipinski definition) is 4. The van der Waals surface area contributed by atoms with Gasteiger partial charge in [-0.3, -0.25) is 4.79 Å². The van der Waals surface area contributed by atoms with Crippen molar-refractivity contribution in [1.82, 2.24) is 0 Å². The van der Waals surface area contributed by atoms with E-state index in [1.165, 1.54) is 5.01 Å². The second-order valence-electron chi connectivity index (χ2n) is 8.51. The van der Waals surface area contributed by atoms with Gasteiger partial charge in [0.25, 0.3) is 5.91 Å². The van der Waals surface area contributed by atoms with Crippen LogP contribution in [0.1, 0.15) is 23.6 Å². The molecule has 1 heterocycles. The molecule has 0 N–H and O–H groups in total. The van der Waals surface area contributed by atoms with Gasteiger partial charge in [-0.05, 0) is 76.5 Å². The van der Waals surface area contributed by atoms with Gasteiger partial charge in [0, 0.05) is 10.6 Å². The number of carbonyl (C=O) groups is 1. The first-order valence-electron chi connectivity index (χ1n) is 12.1. The fourth-order valence-corrected chi connectivity index (χ4v) is 4.91. The molecule has 1 aliphatic rings. The number of anilines is 1. The second kappa shape index (κ2) is 11.7. The van der Waals surface area contributed by atoms with Crippen molar-refractivity contribution >= 4 is 50.9 Å². The van der Waals surface area contributed by atoms with E-state index in [-0.39, 0.29) is 5.91 Å². The number of rotatable bonds is 8. The summed E-state index contributed by atoms with van der Waals surface area (Å²) in [6.07, 6.45) is 1.84. The van der Waals surface area contributed by atoms with Crippen molar-refractivity contribution < 1.29 is 14.3 Å². The first-order chi connectivity index (χ1) is 18.5. The van der Waals surface area contributed by atoms with Gasteiger partial charge in [0.1, 0.15) is 12.3 Å². The SMILES string of the molecule is CCOc1cc(/C=C2\C(=O)N(c3ccccc3)N=C2c2ccccc2)cc(Br)c1OCc1cccc(Cl)c1. The van der Waals surface area contributed by atoms with Gasteiger partial charge < -0.3 is 9.47 Å². The summed E-state index contributed by atoms with van der Waals surface area (Å²) in [5.74, 6) is 0.944. The zero-order valence-corrected chi connectivity index (χ0v) is 22.9. The minimum absolute atomic E-state index is 0.203. The van der Waals surface area contributed by atoms with Crippen molar-refractivity contribution in [1.29, 1.82) is 0 Å². The van der Waals surface area contributed by atoms with Gasteiger partial charge in [-0.1, -0.05) is 72.3 Å². The van der Waals surface area contributed by atoms with Crippen molar-refractivity contribution in [2.75, 3.05) is 11.6 Å². The third kappa shape index (κ3) is 5.67. The molecule has 5 rings (SSSR count). The van der Waals surface area contributed by atoms with Crippen LogP contribution in [0.5, 0.6) is 11.5 Å². The van der Waals surface area contributed by atoms with E-state index in [9.17, 15) is 4.79 Å². The maximum atomic E-state index is 13.6. The van der Waals surface area contributed by atoms with Gasteiger partial charge in [-0.2, -0.15) is 10.1 Å². The first-order valence-corrected chi connectivity index (χ1v) is 13.3. The lowest BCUT2D eigenvalue weighted by atomic mass is 10.00. The first kappa shape index (κ1) is 25.8. The Morgan fingerprint density at radius 2 is 1.66 bits per heavy atom. The summed E-state index contributed by atoms with van der Waals surface area (Å²) >= 11 is 9.76. The number of hydrazone groups is 1. The molecule has 4 aromatic carbocycles. The summed E-state index contributed by atoms with van der Waals surface area (Å²) in [5.41, 5.74) is 4.37. The highest BCUT2D eigenvalue weighted by Crippen LogP contribution is 2.39. The van der Waals surface area contributed by atoms with Crippen LogP contribution in [-0.2, 0) is 11.4 Å². The molecule has 1 amide bonds. The Kier molecular flexibility index (Phi) is 7.91. The molecule has 0 radical (unpaired) electrons. The molecule has 5 nitrogen and oxygen atoms in total. The van der Waals surface area contributed by atoms with Gasteiger partial charge in [-0.25, -0.2) is 0 Å². The summed E-state index contributed by atoms with van der Waals surface area (Å²) in [7, 11) is 0. The van der Waals surface area contributed by atoms with E-state index in [0.29, 0.717) is 51.2 Å². The van der Waals surface area contributed by atoms with E-state index in [2.05, 4.69) is 15.9 Å². The molecule has 0 unspecified atom stereocenters. The molecule has 4 aromatic rings. The van der Waals surface area contributed by atoms with Crippen LogP contribution in [0.2, 0.25) is 5.02 Å². The van der Waals surface area contributed by atoms with Crippen LogP contribution in [0, 0.1) is 0 Å². The summed E-state index contributed by atoms with van der Waals surface area (Å²) < 4.78 is 12.8. The Morgan fingerprint density at radius 1 is 0.921 bits per heavy atom. The highest BCUT2D eigenvalue weighted by Gasteiger charge is 2.32. The van der Waals surface area contributed by atoms with E-state index >= 15 is 0 Å². The molecular formula is C31H24BrClN2O3. The largest absolute Gasteiger partial charge is 0.490 e. The zero-order chi connectivity index (χ0) is 26.5. The summed E-state index contributed by atoms with van der Waals surface area (Å²) in [6, 6.07) is 30.4. The fraction of sp³-hybridized carbons (Fsp3) is 0.0968. The highest BCUT2D eigenvalue weighted by atomic mass is 79.9. The number of amides is 1. The number of halogens is 2. The Morgan fingerprint density at radius 3 is 2.37 bits per heavy atom. The van der Waals surface area contributed by atoms with Crippen molar-refractivity contribution in [2.45, 2.75) is 13.5 Å². The number of hydrogen-bond donors (Lipinski definition) is 0. The summed E-state index contributed by atoms with van der Waals surface area (Å²) in [5, 5.41) is 6.80. The standard InChI is InChI=1S/C31H24BrClN2O3/c1-2-37-28-19-22(18-27(32)30(28)38-20-21-10-9-13-24(33)16-21)17-26-29(23-11-5-3-6-12-23)34-35(31(26)36)25-14-7-4-8-15-25/h3-19H,2,20H2,1H3/b26-17-. The normalized spacial score (nSPS) is 14.1. The van der Waals surface area contributed by atoms with E-state index in [1.807, 2.05) is 110 Å². The second-order valence-corrected chi connectivity index (χ2v) is 9.80. The van der Waals surface area contributed by atoms with E-state index < -0.39 is 0 Å². The maximum Gasteiger partial charge on any atom is 0.281 e. The van der Waals surface area contributed by atoms with E-state index in [1.54, 1.807) is 0 Å². The third-order valence-corrected chi connectivity index (χ3v) is 6.66. The smallest absolute Gasteiger partial charge is 0.281 e. The Hall–Kier alpha value is -3.87. The van der Waals surface area contributed by atoms with Gasteiger partial charge in [0.05, 0.1) is 22.3 Å². The lowest BCUT2D eigenvalue weighted by Gasteiger charge is -2.15. The molecule has 7 heteroatoms. The lowest BCUT2D eigenvalue weighted by Crippen LogP contribution is -2.21. The van der Waals surface area contributed by atoms with Gasteiger partial charge in [-0.15, -0.1) is 0 Å². The molecule has 0 aliphatic carbocycles. The summed E-state index contributed by atoms with van der Waals surface area (Å²) in [4.78, 5) is 13.6. The molecule has 190 valence electrons. The average molecular weight is 588 g/mol. The number of ether oxygens (including phenoxy) is 2. The predicted octanol–water partition coefficient (Wildman–Crippen LogP) is 7.91. The third-order valence-electron chi connectivity index (χ3n) is 5.84. The summed E-state index contributed by atoms with van der Waals surface area (Å²) in [6.45, 7) is 2.70. The molecule has 0 fully saturated rings. The Balaban J connectivity index is 1.52. The minimum atomic E-state index is -0.203. The minimum Gasteiger partial charge on any atom is -0.490 e. The molecule has 0 aromatic heterocycles. The molecular weight excluding hydrogens is 564 g/mol. The van der Waals surface area contributed by atoms with Crippen LogP contribution in [0.3, 0.4) is 0 Å². The van der Waals surface area contributed by atoms with Crippen LogP contribution in [-0.4, -0.2) is 18.2 Å². The number of benzene rings is 4. The molecule has 1 aliphatic heterocycles. The van der Waals surface area contributed by atoms with Crippen molar-refractivity contribution in [3.05, 3.63) is 129 Å². The van der Waals surface area contributed by atoms with Crippen LogP contribution < -0.4 is 14.5 Å². The molecule has 0 saturated heterocycles. The molecule has 0 atom stereocenters. The lowest BCUT2D eigenvalue weighted by molar-refractivity contribution is -0.114. The van der Waals surface area contributed by atoms with E-state index in [4.69, 9.17) is 26.2 Å². The average Bonchev–Trinajstić information content (AvgIpc) is 3.25. The van der Waals surface area contributed by atoms with Gasteiger partial charge in [0.2, 0.25) is 0 Å². The fourth-order valence-electron chi connectivity index (χ4n) is 4.12. The van der Waals surface area contributed by atoms with Crippen molar-refractivity contribution in [3.8, 4) is 11.5 Å².